The summed E-state index contributed by atoms with van der Waals surface area (Å²) in [5.74, 6) is 0.770. The molecule has 0 aliphatic carbocycles. The van der Waals surface area contributed by atoms with E-state index >= 15 is 0 Å². The number of aryl methyl sites for hydroxylation is 1. The number of hydrogen-bond acceptors (Lipinski definition) is 1. The van der Waals surface area contributed by atoms with Crippen LogP contribution >= 0.6 is 15.9 Å². The van der Waals surface area contributed by atoms with Gasteiger partial charge in [0, 0.05) is 10.5 Å². The van der Waals surface area contributed by atoms with Crippen molar-refractivity contribution in [3.8, 4) is 0 Å². The van der Waals surface area contributed by atoms with Gasteiger partial charge in [0.15, 0.2) is 0 Å². The summed E-state index contributed by atoms with van der Waals surface area (Å²) in [6.07, 6.45) is 3.74. The third-order valence-electron chi connectivity index (χ3n) is 2.97. The molecule has 1 aliphatic heterocycles. The van der Waals surface area contributed by atoms with E-state index in [4.69, 9.17) is 0 Å². The van der Waals surface area contributed by atoms with Gasteiger partial charge in [-0.25, -0.2) is 0 Å². The van der Waals surface area contributed by atoms with E-state index in [9.17, 15) is 0 Å². The first-order chi connectivity index (χ1) is 7.16. The number of benzene rings is 1. The van der Waals surface area contributed by atoms with Crippen LogP contribution in [0.5, 0.6) is 0 Å². The van der Waals surface area contributed by atoms with Crippen molar-refractivity contribution in [3.05, 3.63) is 28.2 Å². The quantitative estimate of drug-likeness (QED) is 0.846. The molecule has 0 saturated heterocycles. The molecule has 1 atom stereocenters. The topological polar surface area (TPSA) is 12.0 Å². The van der Waals surface area contributed by atoms with Gasteiger partial charge in [-0.3, -0.25) is 0 Å². The maximum Gasteiger partial charge on any atom is 0.0519 e. The maximum absolute atomic E-state index is 3.65. The zero-order valence-corrected chi connectivity index (χ0v) is 11.0. The summed E-state index contributed by atoms with van der Waals surface area (Å²) in [6.45, 7) is 4.58. The molecule has 0 fully saturated rings. The molecule has 1 heterocycles. The van der Waals surface area contributed by atoms with Crippen LogP contribution in [0.1, 0.15) is 32.3 Å². The highest BCUT2D eigenvalue weighted by Gasteiger charge is 2.19. The van der Waals surface area contributed by atoms with Gasteiger partial charge in [-0.05, 0) is 52.7 Å². The van der Waals surface area contributed by atoms with Crippen LogP contribution in [-0.4, -0.2) is 6.04 Å². The zero-order valence-electron chi connectivity index (χ0n) is 9.39. The Morgan fingerprint density at radius 1 is 1.47 bits per heavy atom. The Labute approximate surface area is 100 Å². The van der Waals surface area contributed by atoms with Crippen molar-refractivity contribution in [3.63, 3.8) is 0 Å². The average Bonchev–Trinajstić information content (AvgIpc) is 2.18. The number of hydrogen-bond donors (Lipinski definition) is 1. The molecule has 15 heavy (non-hydrogen) atoms. The molecule has 1 aromatic rings. The summed E-state index contributed by atoms with van der Waals surface area (Å²) in [6, 6.07) is 7.10. The standard InChI is InChI=1S/C13H18BrN/c1-9(2)8-11-7-6-10-4-3-5-12(14)13(10)15-11/h3-5,9,11,15H,6-8H2,1-2H3. The molecule has 1 unspecified atom stereocenters. The van der Waals surface area contributed by atoms with Crippen molar-refractivity contribution in [2.75, 3.05) is 5.32 Å². The summed E-state index contributed by atoms with van der Waals surface area (Å²) >= 11 is 3.61. The molecule has 2 rings (SSSR count). The van der Waals surface area contributed by atoms with Gasteiger partial charge >= 0.3 is 0 Å². The lowest BCUT2D eigenvalue weighted by molar-refractivity contribution is 0.487. The largest absolute Gasteiger partial charge is 0.381 e. The third-order valence-corrected chi connectivity index (χ3v) is 3.63. The van der Waals surface area contributed by atoms with Gasteiger partial charge in [-0.1, -0.05) is 26.0 Å². The molecule has 0 bridgehead atoms. The first-order valence-electron chi connectivity index (χ1n) is 5.70. The van der Waals surface area contributed by atoms with Crippen molar-refractivity contribution in [2.24, 2.45) is 5.92 Å². The van der Waals surface area contributed by atoms with Gasteiger partial charge in [0.25, 0.3) is 0 Å². The van der Waals surface area contributed by atoms with Gasteiger partial charge in [0.1, 0.15) is 0 Å². The van der Waals surface area contributed by atoms with Crippen molar-refractivity contribution >= 4 is 21.6 Å². The second-order valence-electron chi connectivity index (χ2n) is 4.78. The van der Waals surface area contributed by atoms with E-state index < -0.39 is 0 Å². The van der Waals surface area contributed by atoms with E-state index in [0.717, 1.165) is 5.92 Å². The predicted molar refractivity (Wildman–Crippen MR) is 69.3 cm³/mol. The van der Waals surface area contributed by atoms with Crippen molar-refractivity contribution in [1.29, 1.82) is 0 Å². The predicted octanol–water partition coefficient (Wildman–Crippen LogP) is 4.22. The lowest BCUT2D eigenvalue weighted by Crippen LogP contribution is -2.27. The zero-order chi connectivity index (χ0) is 10.8. The van der Waals surface area contributed by atoms with Gasteiger partial charge < -0.3 is 5.32 Å². The molecule has 0 spiro atoms. The van der Waals surface area contributed by atoms with Crippen LogP contribution in [0.3, 0.4) is 0 Å². The van der Waals surface area contributed by atoms with Gasteiger partial charge in [-0.2, -0.15) is 0 Å². The molecule has 1 aliphatic rings. The Hall–Kier alpha value is -0.500. The second-order valence-corrected chi connectivity index (χ2v) is 5.64. The Balaban J connectivity index is 2.15. The lowest BCUT2D eigenvalue weighted by atomic mass is 9.93. The number of para-hydroxylation sites is 1. The van der Waals surface area contributed by atoms with E-state index in [1.165, 1.54) is 35.0 Å². The minimum atomic E-state index is 0.649. The minimum Gasteiger partial charge on any atom is -0.381 e. The van der Waals surface area contributed by atoms with E-state index in [-0.39, 0.29) is 0 Å². The number of nitrogens with one attached hydrogen (secondary N) is 1. The fourth-order valence-corrected chi connectivity index (χ4v) is 2.81. The summed E-state index contributed by atoms with van der Waals surface area (Å²) in [5.41, 5.74) is 2.76. The van der Waals surface area contributed by atoms with Gasteiger partial charge in [0.2, 0.25) is 0 Å². The van der Waals surface area contributed by atoms with E-state index in [0.29, 0.717) is 6.04 Å². The van der Waals surface area contributed by atoms with E-state index in [2.05, 4.69) is 53.3 Å². The molecule has 0 radical (unpaired) electrons. The Morgan fingerprint density at radius 2 is 2.27 bits per heavy atom. The Kier molecular flexibility index (Phi) is 3.35. The normalized spacial score (nSPS) is 19.9. The highest BCUT2D eigenvalue weighted by Crippen LogP contribution is 2.33. The van der Waals surface area contributed by atoms with E-state index in [1.807, 2.05) is 0 Å². The van der Waals surface area contributed by atoms with E-state index in [1.54, 1.807) is 0 Å². The van der Waals surface area contributed by atoms with Crippen molar-refractivity contribution in [2.45, 2.75) is 39.2 Å². The molecule has 0 aromatic heterocycles. The molecule has 1 aromatic carbocycles. The molecule has 82 valence electrons. The monoisotopic (exact) mass is 267 g/mol. The summed E-state index contributed by atoms with van der Waals surface area (Å²) in [7, 11) is 0. The molecule has 1 N–H and O–H groups in total. The summed E-state index contributed by atoms with van der Waals surface area (Å²) < 4.78 is 1.20. The highest BCUT2D eigenvalue weighted by atomic mass is 79.9. The van der Waals surface area contributed by atoms with Crippen LogP contribution in [0.25, 0.3) is 0 Å². The van der Waals surface area contributed by atoms with Crippen LogP contribution in [-0.2, 0) is 6.42 Å². The Bertz CT molecular complexity index is 346. The Morgan fingerprint density at radius 3 is 3.00 bits per heavy atom. The lowest BCUT2D eigenvalue weighted by Gasteiger charge is -2.29. The van der Waals surface area contributed by atoms with Gasteiger partial charge in [0.05, 0.1) is 5.69 Å². The van der Waals surface area contributed by atoms with Crippen LogP contribution in [0.4, 0.5) is 5.69 Å². The third kappa shape index (κ3) is 2.54. The van der Waals surface area contributed by atoms with Gasteiger partial charge in [-0.15, -0.1) is 0 Å². The summed E-state index contributed by atoms with van der Waals surface area (Å²) in [5, 5.41) is 3.65. The number of anilines is 1. The van der Waals surface area contributed by atoms with Crippen LogP contribution in [0.2, 0.25) is 0 Å². The fourth-order valence-electron chi connectivity index (χ4n) is 2.29. The maximum atomic E-state index is 3.65. The van der Waals surface area contributed by atoms with Crippen molar-refractivity contribution < 1.29 is 0 Å². The average molecular weight is 268 g/mol. The SMILES string of the molecule is CC(C)CC1CCc2cccc(Br)c2N1. The molecule has 2 heteroatoms. The fraction of sp³-hybridized carbons (Fsp3) is 0.538. The number of rotatable bonds is 2. The summed E-state index contributed by atoms with van der Waals surface area (Å²) in [4.78, 5) is 0. The number of halogens is 1. The van der Waals surface area contributed by atoms with Crippen molar-refractivity contribution in [1.82, 2.24) is 0 Å². The second kappa shape index (κ2) is 4.56. The molecule has 0 saturated carbocycles. The molecular weight excluding hydrogens is 250 g/mol. The van der Waals surface area contributed by atoms with Crippen LogP contribution in [0.15, 0.2) is 22.7 Å². The molecule has 0 amide bonds. The molecule has 1 nitrogen and oxygen atoms in total. The number of fused-ring (bicyclic) bond motifs is 1. The first-order valence-corrected chi connectivity index (χ1v) is 6.50. The minimum absolute atomic E-state index is 0.649. The first kappa shape index (κ1) is 11.0. The van der Waals surface area contributed by atoms with Crippen LogP contribution in [0, 0.1) is 5.92 Å². The smallest absolute Gasteiger partial charge is 0.0519 e. The van der Waals surface area contributed by atoms with Crippen LogP contribution < -0.4 is 5.32 Å². The highest BCUT2D eigenvalue weighted by molar-refractivity contribution is 9.10. The molecular formula is C13H18BrN.